The zero-order valence-corrected chi connectivity index (χ0v) is 7.79. The molecule has 6 heteroatoms. The van der Waals surface area contributed by atoms with E-state index in [0.29, 0.717) is 6.04 Å². The van der Waals surface area contributed by atoms with Gasteiger partial charge in [0, 0.05) is 0 Å². The first-order valence-electron chi connectivity index (χ1n) is 4.33. The van der Waals surface area contributed by atoms with Gasteiger partial charge in [0.2, 0.25) is 4.96 Å². The molecule has 1 aliphatic rings. The van der Waals surface area contributed by atoms with Crippen LogP contribution in [0.5, 0.6) is 0 Å². The summed E-state index contributed by atoms with van der Waals surface area (Å²) in [6, 6.07) is 0.437. The van der Waals surface area contributed by atoms with Gasteiger partial charge in [-0.1, -0.05) is 11.3 Å². The molecule has 1 fully saturated rings. The summed E-state index contributed by atoms with van der Waals surface area (Å²) >= 11 is 1.62. The molecule has 2 aromatic heterocycles. The Morgan fingerprint density at radius 3 is 3.38 bits per heavy atom. The van der Waals surface area contributed by atoms with Crippen LogP contribution in [0, 0.1) is 0 Å². The van der Waals surface area contributed by atoms with Gasteiger partial charge in [-0.3, -0.25) is 0 Å². The Kier molecular flexibility index (Phi) is 1.56. The fourth-order valence-corrected chi connectivity index (χ4v) is 2.54. The van der Waals surface area contributed by atoms with Crippen LogP contribution in [0.3, 0.4) is 0 Å². The third kappa shape index (κ3) is 1.13. The topological polar surface area (TPSA) is 55.1 Å². The SMILES string of the molecule is c1nnc2sc(C3CCCN3)nn12. The van der Waals surface area contributed by atoms with E-state index < -0.39 is 0 Å². The number of nitrogens with one attached hydrogen (secondary N) is 1. The predicted molar refractivity (Wildman–Crippen MR) is 48.6 cm³/mol. The molecule has 0 radical (unpaired) electrons. The highest BCUT2D eigenvalue weighted by atomic mass is 32.1. The Hall–Kier alpha value is -1.01. The largest absolute Gasteiger partial charge is 0.308 e. The van der Waals surface area contributed by atoms with Gasteiger partial charge in [0.05, 0.1) is 6.04 Å². The van der Waals surface area contributed by atoms with Crippen LogP contribution >= 0.6 is 11.3 Å². The molecule has 68 valence electrons. The van der Waals surface area contributed by atoms with Gasteiger partial charge in [-0.05, 0) is 19.4 Å². The smallest absolute Gasteiger partial charge is 0.234 e. The minimum absolute atomic E-state index is 0.437. The number of fused-ring (bicyclic) bond motifs is 1. The normalized spacial score (nSPS) is 22.9. The van der Waals surface area contributed by atoms with Crippen molar-refractivity contribution in [1.29, 1.82) is 0 Å². The van der Waals surface area contributed by atoms with Gasteiger partial charge in [-0.2, -0.15) is 9.61 Å². The number of hydrogen-bond acceptors (Lipinski definition) is 5. The lowest BCUT2D eigenvalue weighted by molar-refractivity contribution is 0.630. The van der Waals surface area contributed by atoms with Crippen LogP contribution in [0.15, 0.2) is 6.33 Å². The lowest BCUT2D eigenvalue weighted by atomic mass is 10.2. The van der Waals surface area contributed by atoms with E-state index in [1.165, 1.54) is 12.8 Å². The second kappa shape index (κ2) is 2.74. The Morgan fingerprint density at radius 2 is 2.62 bits per heavy atom. The lowest BCUT2D eigenvalue weighted by Gasteiger charge is -2.02. The molecular formula is C7H9N5S. The third-order valence-electron chi connectivity index (χ3n) is 2.26. The fraction of sp³-hybridized carbons (Fsp3) is 0.571. The fourth-order valence-electron chi connectivity index (χ4n) is 1.61. The molecule has 5 nitrogen and oxygen atoms in total. The summed E-state index contributed by atoms with van der Waals surface area (Å²) in [5, 5.41) is 16.7. The van der Waals surface area contributed by atoms with Crippen LogP contribution in [-0.2, 0) is 0 Å². The van der Waals surface area contributed by atoms with E-state index >= 15 is 0 Å². The molecule has 1 unspecified atom stereocenters. The minimum atomic E-state index is 0.437. The molecule has 13 heavy (non-hydrogen) atoms. The molecule has 1 N–H and O–H groups in total. The summed E-state index contributed by atoms with van der Waals surface area (Å²) in [5.41, 5.74) is 0. The molecule has 0 saturated carbocycles. The van der Waals surface area contributed by atoms with E-state index in [1.54, 1.807) is 22.2 Å². The van der Waals surface area contributed by atoms with Crippen LogP contribution in [0.25, 0.3) is 4.96 Å². The molecule has 3 heterocycles. The monoisotopic (exact) mass is 195 g/mol. The minimum Gasteiger partial charge on any atom is -0.308 e. The highest BCUT2D eigenvalue weighted by molar-refractivity contribution is 7.16. The first-order valence-corrected chi connectivity index (χ1v) is 5.15. The van der Waals surface area contributed by atoms with E-state index in [0.717, 1.165) is 16.5 Å². The van der Waals surface area contributed by atoms with Crippen LogP contribution in [0.2, 0.25) is 0 Å². The first kappa shape index (κ1) is 7.40. The second-order valence-corrected chi connectivity index (χ2v) is 4.13. The number of aromatic nitrogens is 4. The van der Waals surface area contributed by atoms with Gasteiger partial charge in [0.1, 0.15) is 11.3 Å². The molecule has 0 spiro atoms. The zero-order chi connectivity index (χ0) is 8.67. The lowest BCUT2D eigenvalue weighted by Crippen LogP contribution is -2.12. The van der Waals surface area contributed by atoms with Crippen LogP contribution in [0.1, 0.15) is 23.9 Å². The summed E-state index contributed by atoms with van der Waals surface area (Å²) in [7, 11) is 0. The molecule has 1 aliphatic heterocycles. The van der Waals surface area contributed by atoms with Crippen molar-refractivity contribution in [1.82, 2.24) is 25.1 Å². The van der Waals surface area contributed by atoms with Crippen LogP contribution in [-0.4, -0.2) is 26.4 Å². The van der Waals surface area contributed by atoms with Gasteiger partial charge in [0.25, 0.3) is 0 Å². The molecule has 0 bridgehead atoms. The summed E-state index contributed by atoms with van der Waals surface area (Å²) in [6.07, 6.45) is 4.07. The third-order valence-corrected chi connectivity index (χ3v) is 3.29. The van der Waals surface area contributed by atoms with Gasteiger partial charge in [0.15, 0.2) is 0 Å². The molecule has 0 amide bonds. The summed E-state index contributed by atoms with van der Waals surface area (Å²) in [6.45, 7) is 1.10. The maximum Gasteiger partial charge on any atom is 0.234 e. The Bertz CT molecular complexity index is 385. The van der Waals surface area contributed by atoms with Crippen molar-refractivity contribution in [2.45, 2.75) is 18.9 Å². The van der Waals surface area contributed by atoms with Crippen molar-refractivity contribution in [2.75, 3.05) is 6.54 Å². The highest BCUT2D eigenvalue weighted by Gasteiger charge is 2.20. The van der Waals surface area contributed by atoms with Crippen molar-refractivity contribution < 1.29 is 0 Å². The van der Waals surface area contributed by atoms with Crippen LogP contribution in [0.4, 0.5) is 0 Å². The molecule has 2 aromatic rings. The molecular weight excluding hydrogens is 186 g/mol. The Labute approximate surface area is 78.8 Å². The molecule has 1 atom stereocenters. The maximum absolute atomic E-state index is 4.40. The van der Waals surface area contributed by atoms with E-state index in [1.807, 2.05) is 0 Å². The van der Waals surface area contributed by atoms with Gasteiger partial charge < -0.3 is 5.32 Å². The van der Waals surface area contributed by atoms with E-state index in [2.05, 4.69) is 20.6 Å². The standard InChI is InChI=1S/C7H9N5S/c1-2-5(8-3-1)6-11-12-4-9-10-7(12)13-6/h4-5,8H,1-3H2. The van der Waals surface area contributed by atoms with Gasteiger partial charge in [-0.15, -0.1) is 10.2 Å². The average molecular weight is 195 g/mol. The zero-order valence-electron chi connectivity index (χ0n) is 6.97. The first-order chi connectivity index (χ1) is 6.43. The van der Waals surface area contributed by atoms with E-state index in [-0.39, 0.29) is 0 Å². The Morgan fingerprint density at radius 1 is 1.62 bits per heavy atom. The van der Waals surface area contributed by atoms with Crippen molar-refractivity contribution >= 4 is 16.3 Å². The molecule has 1 saturated heterocycles. The molecule has 0 aliphatic carbocycles. The van der Waals surface area contributed by atoms with Crippen molar-refractivity contribution in [3.8, 4) is 0 Å². The van der Waals surface area contributed by atoms with E-state index in [4.69, 9.17) is 0 Å². The van der Waals surface area contributed by atoms with Crippen molar-refractivity contribution in [2.24, 2.45) is 0 Å². The predicted octanol–water partition coefficient (Wildman–Crippen LogP) is 0.610. The van der Waals surface area contributed by atoms with Crippen molar-refractivity contribution in [3.63, 3.8) is 0 Å². The number of rotatable bonds is 1. The second-order valence-electron chi connectivity index (χ2n) is 3.15. The number of nitrogens with zero attached hydrogens (tertiary/aromatic N) is 4. The summed E-state index contributed by atoms with van der Waals surface area (Å²) in [5.74, 6) is 0. The van der Waals surface area contributed by atoms with E-state index in [9.17, 15) is 0 Å². The summed E-state index contributed by atoms with van der Waals surface area (Å²) in [4.78, 5) is 0.878. The Balaban J connectivity index is 2.02. The quantitative estimate of drug-likeness (QED) is 0.724. The van der Waals surface area contributed by atoms with Crippen LogP contribution < -0.4 is 5.32 Å². The van der Waals surface area contributed by atoms with Gasteiger partial charge in [-0.25, -0.2) is 0 Å². The van der Waals surface area contributed by atoms with Crippen molar-refractivity contribution in [3.05, 3.63) is 11.3 Å². The number of hydrogen-bond donors (Lipinski definition) is 1. The maximum atomic E-state index is 4.40. The average Bonchev–Trinajstić information content (AvgIpc) is 2.78. The highest BCUT2D eigenvalue weighted by Crippen LogP contribution is 2.26. The summed E-state index contributed by atoms with van der Waals surface area (Å²) < 4.78 is 1.74. The molecule has 0 aromatic carbocycles. The van der Waals surface area contributed by atoms with Gasteiger partial charge >= 0.3 is 0 Å². The molecule has 3 rings (SSSR count).